The summed E-state index contributed by atoms with van der Waals surface area (Å²) < 4.78 is 13.1. The lowest BCUT2D eigenvalue weighted by atomic mass is 10.0. The molecule has 6 heteroatoms. The van der Waals surface area contributed by atoms with Gasteiger partial charge in [-0.15, -0.1) is 0 Å². The predicted molar refractivity (Wildman–Crippen MR) is 93.2 cm³/mol. The van der Waals surface area contributed by atoms with Crippen molar-refractivity contribution in [1.29, 1.82) is 0 Å². The van der Waals surface area contributed by atoms with Gasteiger partial charge in [-0.25, -0.2) is 4.39 Å². The van der Waals surface area contributed by atoms with Crippen LogP contribution in [0.25, 0.3) is 0 Å². The fourth-order valence-electron chi connectivity index (χ4n) is 3.29. The van der Waals surface area contributed by atoms with Crippen molar-refractivity contribution in [3.05, 3.63) is 47.3 Å². The molecule has 134 valence electrons. The number of piperazine rings is 1. The minimum atomic E-state index is -0.474. The third-order valence-corrected chi connectivity index (χ3v) is 4.90. The Morgan fingerprint density at radius 3 is 2.72 bits per heavy atom. The first kappa shape index (κ1) is 17.6. The zero-order chi connectivity index (χ0) is 17.8. The monoisotopic (exact) mass is 345 g/mol. The zero-order valence-electron chi connectivity index (χ0n) is 14.5. The smallest absolute Gasteiger partial charge is 0.237 e. The highest BCUT2D eigenvalue weighted by molar-refractivity contribution is 5.89. The van der Waals surface area contributed by atoms with Crippen LogP contribution in [-0.4, -0.2) is 53.8 Å². The van der Waals surface area contributed by atoms with Crippen LogP contribution in [0.4, 0.5) is 4.39 Å². The molecule has 2 heterocycles. The Labute approximate surface area is 147 Å². The van der Waals surface area contributed by atoms with Crippen molar-refractivity contribution in [2.75, 3.05) is 26.2 Å². The van der Waals surface area contributed by atoms with E-state index >= 15 is 0 Å². The molecule has 1 fully saturated rings. The van der Waals surface area contributed by atoms with E-state index in [2.05, 4.69) is 18.3 Å². The number of hydrogen-bond donors (Lipinski definition) is 1. The Morgan fingerprint density at radius 2 is 2.04 bits per heavy atom. The van der Waals surface area contributed by atoms with E-state index in [1.54, 1.807) is 12.1 Å². The Kier molecular flexibility index (Phi) is 5.48. The molecule has 0 saturated carbocycles. The maximum atomic E-state index is 13.1. The maximum absolute atomic E-state index is 13.1. The first-order chi connectivity index (χ1) is 12.0. The summed E-state index contributed by atoms with van der Waals surface area (Å²) in [6.45, 7) is 5.19. The largest absolute Gasteiger partial charge is 0.353 e. The van der Waals surface area contributed by atoms with Crippen LogP contribution in [0, 0.1) is 5.82 Å². The second-order valence-corrected chi connectivity index (χ2v) is 6.75. The Bertz CT molecular complexity index is 672. The van der Waals surface area contributed by atoms with E-state index in [0.29, 0.717) is 32.7 Å². The molecule has 5 nitrogen and oxygen atoms in total. The summed E-state index contributed by atoms with van der Waals surface area (Å²) in [5, 5.41) is 2.85. The summed E-state index contributed by atoms with van der Waals surface area (Å²) >= 11 is 0. The first-order valence-corrected chi connectivity index (χ1v) is 8.72. The predicted octanol–water partition coefficient (Wildman–Crippen LogP) is 1.69. The molecule has 2 aliphatic rings. The lowest BCUT2D eigenvalue weighted by molar-refractivity contribution is -0.138. The minimum Gasteiger partial charge on any atom is -0.353 e. The summed E-state index contributed by atoms with van der Waals surface area (Å²) in [6, 6.07) is 5.81. The number of rotatable bonds is 4. The third kappa shape index (κ3) is 4.45. The molecule has 1 aromatic carbocycles. The summed E-state index contributed by atoms with van der Waals surface area (Å²) in [5.41, 5.74) is 2.24. The number of nitrogens with one attached hydrogen (secondary N) is 1. The number of amides is 2. The molecule has 1 atom stereocenters. The van der Waals surface area contributed by atoms with Crippen LogP contribution in [0.15, 0.2) is 35.9 Å². The van der Waals surface area contributed by atoms with Gasteiger partial charge in [-0.1, -0.05) is 23.8 Å². The molecule has 0 unspecified atom stereocenters. The lowest BCUT2D eigenvalue weighted by Gasteiger charge is -2.36. The van der Waals surface area contributed by atoms with Gasteiger partial charge in [-0.3, -0.25) is 14.5 Å². The van der Waals surface area contributed by atoms with Crippen molar-refractivity contribution >= 4 is 11.8 Å². The van der Waals surface area contributed by atoms with Crippen LogP contribution in [0.2, 0.25) is 0 Å². The third-order valence-electron chi connectivity index (χ3n) is 4.90. The number of nitrogens with zero attached hydrogens (tertiary/aromatic N) is 2. The van der Waals surface area contributed by atoms with Gasteiger partial charge in [0, 0.05) is 32.7 Å². The zero-order valence-corrected chi connectivity index (χ0v) is 14.5. The van der Waals surface area contributed by atoms with Gasteiger partial charge >= 0.3 is 0 Å². The Hall–Kier alpha value is -2.21. The molecule has 0 aliphatic carbocycles. The molecule has 1 saturated heterocycles. The molecule has 1 N–H and O–H groups in total. The van der Waals surface area contributed by atoms with Crippen molar-refractivity contribution < 1.29 is 14.0 Å². The first-order valence-electron chi connectivity index (χ1n) is 8.72. The van der Waals surface area contributed by atoms with E-state index < -0.39 is 6.04 Å². The average Bonchev–Trinajstić information content (AvgIpc) is 2.60. The molecule has 2 amide bonds. The van der Waals surface area contributed by atoms with Gasteiger partial charge in [0.05, 0.1) is 12.5 Å². The van der Waals surface area contributed by atoms with Gasteiger partial charge in [-0.2, -0.15) is 0 Å². The van der Waals surface area contributed by atoms with E-state index in [-0.39, 0.29) is 24.1 Å². The molecule has 0 radical (unpaired) electrons. The number of hydrogen-bond acceptors (Lipinski definition) is 3. The van der Waals surface area contributed by atoms with Crippen molar-refractivity contribution in [2.24, 2.45) is 0 Å². The minimum absolute atomic E-state index is 0.00917. The van der Waals surface area contributed by atoms with Crippen LogP contribution in [0.5, 0.6) is 0 Å². The van der Waals surface area contributed by atoms with E-state index in [1.165, 1.54) is 17.7 Å². The van der Waals surface area contributed by atoms with Crippen molar-refractivity contribution in [2.45, 2.75) is 32.4 Å². The van der Waals surface area contributed by atoms with Gasteiger partial charge in [-0.05, 0) is 31.0 Å². The van der Waals surface area contributed by atoms with Crippen LogP contribution in [0.1, 0.15) is 25.3 Å². The fraction of sp³-hybridized carbons (Fsp3) is 0.474. The van der Waals surface area contributed by atoms with Crippen LogP contribution >= 0.6 is 0 Å². The Morgan fingerprint density at radius 1 is 1.28 bits per heavy atom. The molecule has 0 aromatic heterocycles. The number of carbonyl (C=O) groups excluding carboxylic acids is 2. The molecule has 0 spiro atoms. The molecule has 1 aromatic rings. The van der Waals surface area contributed by atoms with E-state index in [0.717, 1.165) is 12.0 Å². The number of carbonyl (C=O) groups is 2. The summed E-state index contributed by atoms with van der Waals surface area (Å²) in [7, 11) is 0. The van der Waals surface area contributed by atoms with Gasteiger partial charge < -0.3 is 10.2 Å². The van der Waals surface area contributed by atoms with Crippen LogP contribution in [0.3, 0.4) is 0 Å². The van der Waals surface area contributed by atoms with Crippen molar-refractivity contribution in [1.82, 2.24) is 15.1 Å². The highest BCUT2D eigenvalue weighted by atomic mass is 19.1. The summed E-state index contributed by atoms with van der Waals surface area (Å²) in [5.74, 6) is -0.374. The molecule has 25 heavy (non-hydrogen) atoms. The Balaban J connectivity index is 1.66. The summed E-state index contributed by atoms with van der Waals surface area (Å²) in [4.78, 5) is 28.7. The second kappa shape index (κ2) is 7.78. The molecule has 0 bridgehead atoms. The number of benzene rings is 1. The second-order valence-electron chi connectivity index (χ2n) is 6.75. The highest BCUT2D eigenvalue weighted by Crippen LogP contribution is 2.17. The molecular weight excluding hydrogens is 321 g/mol. The SMILES string of the molecule is CC1=CCN(C(=O)C[C@H]2C(=O)NCCN2Cc2ccc(F)cc2)CC1. The van der Waals surface area contributed by atoms with E-state index in [1.807, 2.05) is 9.80 Å². The molecular formula is C19H24FN3O2. The lowest BCUT2D eigenvalue weighted by Crippen LogP contribution is -2.56. The standard InChI is InChI=1S/C19H24FN3O2/c1-14-6-9-22(10-7-14)18(24)12-17-19(25)21-8-11-23(17)13-15-2-4-16(20)5-3-15/h2-6,17H,7-13H2,1H3,(H,21,25)/t17-/m0/s1. The van der Waals surface area contributed by atoms with Gasteiger partial charge in [0.2, 0.25) is 11.8 Å². The van der Waals surface area contributed by atoms with Crippen LogP contribution < -0.4 is 5.32 Å². The maximum Gasteiger partial charge on any atom is 0.237 e. The van der Waals surface area contributed by atoms with Crippen LogP contribution in [-0.2, 0) is 16.1 Å². The van der Waals surface area contributed by atoms with Gasteiger partial charge in [0.1, 0.15) is 5.82 Å². The fourth-order valence-corrected chi connectivity index (χ4v) is 3.29. The van der Waals surface area contributed by atoms with Crippen molar-refractivity contribution in [3.63, 3.8) is 0 Å². The van der Waals surface area contributed by atoms with Crippen molar-refractivity contribution in [3.8, 4) is 0 Å². The molecule has 3 rings (SSSR count). The number of halogens is 1. The molecule has 2 aliphatic heterocycles. The van der Waals surface area contributed by atoms with Gasteiger partial charge in [0.25, 0.3) is 0 Å². The van der Waals surface area contributed by atoms with Gasteiger partial charge in [0.15, 0.2) is 0 Å². The van der Waals surface area contributed by atoms with E-state index in [4.69, 9.17) is 0 Å². The highest BCUT2D eigenvalue weighted by Gasteiger charge is 2.33. The normalized spacial score (nSPS) is 21.7. The van der Waals surface area contributed by atoms with E-state index in [9.17, 15) is 14.0 Å². The summed E-state index contributed by atoms with van der Waals surface area (Å²) in [6.07, 6.45) is 3.14. The quantitative estimate of drug-likeness (QED) is 0.845. The topological polar surface area (TPSA) is 52.7 Å². The average molecular weight is 345 g/mol.